The second-order valence-electron chi connectivity index (χ2n) is 3.62. The van der Waals surface area contributed by atoms with Crippen LogP contribution in [-0.4, -0.2) is 10.4 Å². The summed E-state index contributed by atoms with van der Waals surface area (Å²) in [5, 5.41) is 0. The largest absolute Gasteiger partial charge is 0.345 e. The summed E-state index contributed by atoms with van der Waals surface area (Å²) in [7, 11) is 0. The zero-order valence-electron chi connectivity index (χ0n) is 8.58. The molecule has 2 heteroatoms. The van der Waals surface area contributed by atoms with Gasteiger partial charge in [-0.2, -0.15) is 0 Å². The molecule has 0 aliphatic rings. The van der Waals surface area contributed by atoms with Crippen molar-refractivity contribution in [1.29, 1.82) is 0 Å². The van der Waals surface area contributed by atoms with Gasteiger partial charge in [0.25, 0.3) is 0 Å². The molecule has 1 aromatic rings. The van der Waals surface area contributed by atoms with Crippen LogP contribution in [0.2, 0.25) is 0 Å². The van der Waals surface area contributed by atoms with Crippen LogP contribution in [0, 0.1) is 5.92 Å². The summed E-state index contributed by atoms with van der Waals surface area (Å²) in [5.74, 6) is 0.777. The molecule has 0 aliphatic carbocycles. The lowest BCUT2D eigenvalue weighted by Crippen LogP contribution is -2.10. The summed E-state index contributed by atoms with van der Waals surface area (Å²) in [6.45, 7) is 6.92. The summed E-state index contributed by atoms with van der Waals surface area (Å²) in [5.41, 5.74) is 0.820. The monoisotopic (exact) mass is 179 g/mol. The highest BCUT2D eigenvalue weighted by atomic mass is 16.1. The van der Waals surface area contributed by atoms with Gasteiger partial charge in [-0.25, -0.2) is 0 Å². The highest BCUT2D eigenvalue weighted by Crippen LogP contribution is 2.09. The Bertz CT molecular complexity index is 288. The van der Waals surface area contributed by atoms with E-state index in [0.717, 1.165) is 18.7 Å². The molecule has 1 unspecified atom stereocenters. The molecule has 0 amide bonds. The second kappa shape index (κ2) is 4.26. The normalized spacial score (nSPS) is 12.8. The van der Waals surface area contributed by atoms with Crippen molar-refractivity contribution in [2.24, 2.45) is 5.92 Å². The number of Topliss-reactive ketones (excluding diaryl/α,β-unsaturated/α-hetero) is 1. The van der Waals surface area contributed by atoms with Crippen LogP contribution in [0.5, 0.6) is 0 Å². The first-order chi connectivity index (χ1) is 6.15. The number of ketones is 1. The van der Waals surface area contributed by atoms with Gasteiger partial charge in [-0.1, -0.05) is 20.3 Å². The summed E-state index contributed by atoms with van der Waals surface area (Å²) in [4.78, 5) is 11.2. The maximum atomic E-state index is 11.2. The molecule has 2 nitrogen and oxygen atoms in total. The quantitative estimate of drug-likeness (QED) is 0.651. The van der Waals surface area contributed by atoms with E-state index in [0.29, 0.717) is 5.92 Å². The lowest BCUT2D eigenvalue weighted by molar-refractivity contribution is 0.100. The van der Waals surface area contributed by atoms with Gasteiger partial charge in [0, 0.05) is 19.7 Å². The van der Waals surface area contributed by atoms with Gasteiger partial charge in [-0.3, -0.25) is 4.79 Å². The first-order valence-corrected chi connectivity index (χ1v) is 4.81. The molecule has 0 bridgehead atoms. The Morgan fingerprint density at radius 2 is 2.31 bits per heavy atom. The third kappa shape index (κ3) is 2.44. The van der Waals surface area contributed by atoms with Crippen LogP contribution in [0.15, 0.2) is 18.3 Å². The van der Waals surface area contributed by atoms with E-state index in [-0.39, 0.29) is 5.78 Å². The van der Waals surface area contributed by atoms with Crippen LogP contribution in [-0.2, 0) is 6.54 Å². The molecule has 13 heavy (non-hydrogen) atoms. The van der Waals surface area contributed by atoms with E-state index < -0.39 is 0 Å². The zero-order valence-corrected chi connectivity index (χ0v) is 8.58. The first-order valence-electron chi connectivity index (χ1n) is 4.81. The number of rotatable bonds is 4. The maximum Gasteiger partial charge on any atom is 0.176 e. The van der Waals surface area contributed by atoms with Crippen LogP contribution in [0.4, 0.5) is 0 Å². The number of aromatic nitrogens is 1. The fourth-order valence-electron chi connectivity index (χ4n) is 1.36. The van der Waals surface area contributed by atoms with Gasteiger partial charge in [-0.15, -0.1) is 0 Å². The Kier molecular flexibility index (Phi) is 3.29. The number of nitrogens with zero attached hydrogens (tertiary/aromatic N) is 1. The van der Waals surface area contributed by atoms with Crippen molar-refractivity contribution in [3.8, 4) is 0 Å². The summed E-state index contributed by atoms with van der Waals surface area (Å²) in [6.07, 6.45) is 3.12. The third-order valence-corrected chi connectivity index (χ3v) is 2.40. The predicted molar refractivity (Wildman–Crippen MR) is 53.9 cm³/mol. The van der Waals surface area contributed by atoms with Crippen molar-refractivity contribution in [2.75, 3.05) is 0 Å². The first kappa shape index (κ1) is 10.0. The van der Waals surface area contributed by atoms with Gasteiger partial charge >= 0.3 is 0 Å². The average molecular weight is 179 g/mol. The molecule has 0 aromatic carbocycles. The molecule has 1 heterocycles. The molecule has 0 saturated carbocycles. The molecule has 0 spiro atoms. The zero-order chi connectivity index (χ0) is 9.84. The Morgan fingerprint density at radius 1 is 1.62 bits per heavy atom. The number of hydrogen-bond acceptors (Lipinski definition) is 1. The Labute approximate surface area is 79.6 Å². The molecule has 0 radical (unpaired) electrons. The van der Waals surface area contributed by atoms with Crippen LogP contribution >= 0.6 is 0 Å². The summed E-state index contributed by atoms with van der Waals surface area (Å²) < 4.78 is 2.04. The second-order valence-corrected chi connectivity index (χ2v) is 3.62. The van der Waals surface area contributed by atoms with Crippen LogP contribution in [0.25, 0.3) is 0 Å². The van der Waals surface area contributed by atoms with Crippen molar-refractivity contribution < 1.29 is 4.79 Å². The molecule has 72 valence electrons. The molecule has 0 saturated heterocycles. The number of carbonyl (C=O) groups is 1. The van der Waals surface area contributed by atoms with Gasteiger partial charge in [0.2, 0.25) is 0 Å². The lowest BCUT2D eigenvalue weighted by Gasteiger charge is -2.11. The van der Waals surface area contributed by atoms with E-state index in [4.69, 9.17) is 0 Å². The molecular weight excluding hydrogens is 162 g/mol. The minimum Gasteiger partial charge on any atom is -0.345 e. The van der Waals surface area contributed by atoms with Gasteiger partial charge in [0.1, 0.15) is 0 Å². The number of hydrogen-bond donors (Lipinski definition) is 0. The van der Waals surface area contributed by atoms with Crippen molar-refractivity contribution in [2.45, 2.75) is 33.7 Å². The maximum absolute atomic E-state index is 11.2. The Morgan fingerprint density at radius 3 is 2.85 bits per heavy atom. The molecular formula is C11H17NO. The molecule has 0 fully saturated rings. The van der Waals surface area contributed by atoms with E-state index in [2.05, 4.69) is 13.8 Å². The van der Waals surface area contributed by atoms with E-state index in [1.165, 1.54) is 0 Å². The molecule has 1 atom stereocenters. The molecule has 0 aliphatic heterocycles. The topological polar surface area (TPSA) is 22.0 Å². The van der Waals surface area contributed by atoms with Crippen LogP contribution in [0.1, 0.15) is 37.7 Å². The van der Waals surface area contributed by atoms with E-state index >= 15 is 0 Å². The Hall–Kier alpha value is -1.05. The van der Waals surface area contributed by atoms with Crippen LogP contribution in [0.3, 0.4) is 0 Å². The fraction of sp³-hybridized carbons (Fsp3) is 0.545. The molecule has 1 rings (SSSR count). The SMILES string of the molecule is CCC(C)Cn1cccc1C(C)=O. The van der Waals surface area contributed by atoms with E-state index in [1.807, 2.05) is 22.9 Å². The predicted octanol–water partition coefficient (Wildman–Crippen LogP) is 2.74. The lowest BCUT2D eigenvalue weighted by atomic mass is 10.1. The highest BCUT2D eigenvalue weighted by Gasteiger charge is 2.07. The van der Waals surface area contributed by atoms with E-state index in [1.54, 1.807) is 6.92 Å². The van der Waals surface area contributed by atoms with Gasteiger partial charge in [0.05, 0.1) is 5.69 Å². The minimum absolute atomic E-state index is 0.147. The van der Waals surface area contributed by atoms with Crippen molar-refractivity contribution >= 4 is 5.78 Å². The summed E-state index contributed by atoms with van der Waals surface area (Å²) in [6, 6.07) is 3.81. The van der Waals surface area contributed by atoms with Crippen LogP contribution < -0.4 is 0 Å². The van der Waals surface area contributed by atoms with Crippen molar-refractivity contribution in [3.63, 3.8) is 0 Å². The number of carbonyl (C=O) groups excluding carboxylic acids is 1. The van der Waals surface area contributed by atoms with Crippen molar-refractivity contribution in [1.82, 2.24) is 4.57 Å². The average Bonchev–Trinajstić information content (AvgIpc) is 2.52. The minimum atomic E-state index is 0.147. The van der Waals surface area contributed by atoms with Gasteiger partial charge < -0.3 is 4.57 Å². The molecule has 0 N–H and O–H groups in total. The molecule has 1 aromatic heterocycles. The van der Waals surface area contributed by atoms with Gasteiger partial charge in [-0.05, 0) is 18.1 Å². The third-order valence-electron chi connectivity index (χ3n) is 2.40. The highest BCUT2D eigenvalue weighted by molar-refractivity contribution is 5.92. The standard InChI is InChI=1S/C11H17NO/c1-4-9(2)8-12-7-5-6-11(12)10(3)13/h5-7,9H,4,8H2,1-3H3. The fourth-order valence-corrected chi connectivity index (χ4v) is 1.36. The van der Waals surface area contributed by atoms with Crippen molar-refractivity contribution in [3.05, 3.63) is 24.0 Å². The Balaban J connectivity index is 2.76. The summed E-state index contributed by atoms with van der Waals surface area (Å²) >= 11 is 0. The van der Waals surface area contributed by atoms with Gasteiger partial charge in [0.15, 0.2) is 5.78 Å². The van der Waals surface area contributed by atoms with E-state index in [9.17, 15) is 4.79 Å². The smallest absolute Gasteiger partial charge is 0.176 e.